The second-order valence-electron chi connectivity index (χ2n) is 9.95. The summed E-state index contributed by atoms with van der Waals surface area (Å²) in [7, 11) is 0. The summed E-state index contributed by atoms with van der Waals surface area (Å²) in [6.07, 6.45) is 3.99. The Bertz CT molecular complexity index is 1310. The highest BCUT2D eigenvalue weighted by atomic mass is 16.4. The predicted molar refractivity (Wildman–Crippen MR) is 147 cm³/mol. The van der Waals surface area contributed by atoms with Crippen LogP contribution in [0.1, 0.15) is 38.4 Å². The van der Waals surface area contributed by atoms with Gasteiger partial charge in [0.25, 0.3) is 0 Å². The average Bonchev–Trinajstić information content (AvgIpc) is 3.58. The van der Waals surface area contributed by atoms with Crippen LogP contribution in [0.3, 0.4) is 0 Å². The number of para-hydroxylation sites is 1. The molecule has 0 aliphatic rings. The van der Waals surface area contributed by atoms with Gasteiger partial charge in [-0.1, -0.05) is 38.5 Å². The molecule has 216 valence electrons. The van der Waals surface area contributed by atoms with Crippen molar-refractivity contribution in [2.45, 2.75) is 70.3 Å². The second-order valence-corrected chi connectivity index (χ2v) is 9.95. The van der Waals surface area contributed by atoms with Gasteiger partial charge in [0.05, 0.1) is 18.5 Å². The number of nitrogens with one attached hydrogen (secondary N) is 5. The van der Waals surface area contributed by atoms with Crippen LogP contribution in [0.5, 0.6) is 0 Å². The molecule has 2 heterocycles. The van der Waals surface area contributed by atoms with Crippen LogP contribution >= 0.6 is 0 Å². The molecule has 0 bridgehead atoms. The molecule has 0 aliphatic heterocycles. The molecule has 0 aliphatic carbocycles. The molecule has 0 fully saturated rings. The highest BCUT2D eigenvalue weighted by Crippen LogP contribution is 2.19. The molecule has 0 spiro atoms. The Morgan fingerprint density at radius 3 is 2.27 bits per heavy atom. The Morgan fingerprint density at radius 2 is 1.65 bits per heavy atom. The average molecular weight is 556 g/mol. The van der Waals surface area contributed by atoms with Gasteiger partial charge in [-0.25, -0.2) is 9.78 Å². The van der Waals surface area contributed by atoms with Crippen LogP contribution in [-0.2, 0) is 32.0 Å². The fourth-order valence-electron chi connectivity index (χ4n) is 4.32. The Hall–Kier alpha value is -4.23. The number of aliphatic hydroxyl groups is 1. The monoisotopic (exact) mass is 555 g/mol. The number of fused-ring (bicyclic) bond motifs is 1. The summed E-state index contributed by atoms with van der Waals surface area (Å²) in [5.41, 5.74) is 8.13. The molecule has 9 N–H and O–H groups in total. The quantitative estimate of drug-likeness (QED) is 0.135. The van der Waals surface area contributed by atoms with Gasteiger partial charge in [-0.2, -0.15) is 0 Å². The number of carbonyl (C=O) groups excluding carboxylic acids is 3. The summed E-state index contributed by atoms with van der Waals surface area (Å²) >= 11 is 0. The van der Waals surface area contributed by atoms with E-state index >= 15 is 0 Å². The van der Waals surface area contributed by atoms with Crippen molar-refractivity contribution in [3.8, 4) is 0 Å². The first-order chi connectivity index (χ1) is 19.0. The number of benzene rings is 1. The topological polar surface area (TPSA) is 215 Å². The minimum Gasteiger partial charge on any atom is -0.480 e. The van der Waals surface area contributed by atoms with Gasteiger partial charge in [-0.3, -0.25) is 14.4 Å². The zero-order valence-electron chi connectivity index (χ0n) is 22.7. The zero-order chi connectivity index (χ0) is 29.4. The first-order valence-corrected chi connectivity index (χ1v) is 13.1. The number of rotatable bonds is 14. The van der Waals surface area contributed by atoms with Crippen molar-refractivity contribution < 1.29 is 29.4 Å². The van der Waals surface area contributed by atoms with E-state index in [0.717, 1.165) is 16.5 Å². The van der Waals surface area contributed by atoms with Gasteiger partial charge >= 0.3 is 5.97 Å². The van der Waals surface area contributed by atoms with Crippen LogP contribution in [0.15, 0.2) is 43.0 Å². The summed E-state index contributed by atoms with van der Waals surface area (Å²) in [6, 6.07) is 2.60. The number of carboxylic acids is 1. The Kier molecular flexibility index (Phi) is 10.4. The van der Waals surface area contributed by atoms with E-state index in [0.29, 0.717) is 12.1 Å². The van der Waals surface area contributed by atoms with Crippen molar-refractivity contribution in [3.63, 3.8) is 0 Å². The molecule has 0 saturated heterocycles. The van der Waals surface area contributed by atoms with Gasteiger partial charge in [0, 0.05) is 41.8 Å². The lowest BCUT2D eigenvalue weighted by Crippen LogP contribution is -2.61. The highest BCUT2D eigenvalue weighted by Gasteiger charge is 2.34. The lowest BCUT2D eigenvalue weighted by molar-refractivity contribution is -0.142. The number of carbonyl (C=O) groups is 4. The molecule has 40 heavy (non-hydrogen) atoms. The van der Waals surface area contributed by atoms with Gasteiger partial charge in [0.2, 0.25) is 17.7 Å². The van der Waals surface area contributed by atoms with Crippen LogP contribution in [0.25, 0.3) is 10.9 Å². The van der Waals surface area contributed by atoms with Crippen molar-refractivity contribution in [3.05, 3.63) is 54.2 Å². The van der Waals surface area contributed by atoms with E-state index in [1.54, 1.807) is 13.1 Å². The van der Waals surface area contributed by atoms with E-state index in [1.165, 1.54) is 19.4 Å². The highest BCUT2D eigenvalue weighted by molar-refractivity contribution is 5.94. The first-order valence-electron chi connectivity index (χ1n) is 13.1. The molecular weight excluding hydrogens is 518 g/mol. The molecule has 3 rings (SSSR count). The molecule has 0 radical (unpaired) electrons. The fourth-order valence-corrected chi connectivity index (χ4v) is 4.32. The summed E-state index contributed by atoms with van der Waals surface area (Å²) in [5, 5.41) is 28.5. The van der Waals surface area contributed by atoms with E-state index < -0.39 is 54.0 Å². The smallest absolute Gasteiger partial charge is 0.326 e. The van der Waals surface area contributed by atoms with Crippen LogP contribution in [0.4, 0.5) is 0 Å². The number of hydrogen-bond acceptors (Lipinski definition) is 7. The number of aliphatic carboxylic acids is 1. The summed E-state index contributed by atoms with van der Waals surface area (Å²) in [5.74, 6) is -3.79. The second kappa shape index (κ2) is 13.7. The molecule has 6 atom stereocenters. The number of H-pyrrole nitrogens is 2. The molecule has 1 aromatic carbocycles. The first kappa shape index (κ1) is 30.3. The lowest BCUT2D eigenvalue weighted by atomic mass is 9.96. The normalized spacial score (nSPS) is 15.8. The number of nitrogens with zero attached hydrogens (tertiary/aromatic N) is 1. The van der Waals surface area contributed by atoms with Crippen LogP contribution in [-0.4, -0.2) is 79.1 Å². The minimum absolute atomic E-state index is 0.0207. The number of aromatic amines is 2. The largest absolute Gasteiger partial charge is 0.480 e. The van der Waals surface area contributed by atoms with Crippen molar-refractivity contribution in [2.75, 3.05) is 0 Å². The number of aromatic nitrogens is 3. The molecule has 13 heteroatoms. The number of imidazole rings is 1. The maximum atomic E-state index is 13.3. The van der Waals surface area contributed by atoms with Gasteiger partial charge in [0.15, 0.2) is 0 Å². The molecule has 13 nitrogen and oxygen atoms in total. The van der Waals surface area contributed by atoms with Gasteiger partial charge in [0.1, 0.15) is 18.1 Å². The Balaban J connectivity index is 1.70. The molecule has 2 aromatic heterocycles. The number of hydrogen-bond donors (Lipinski definition) is 8. The SMILES string of the molecule is CCC(C)C(NC(=O)C(NC(=O)C(N)Cc1cnc[nH]1)C(C)O)C(=O)NC(Cc1c[nH]c2ccccc12)C(=O)O. The third-order valence-corrected chi connectivity index (χ3v) is 6.90. The number of nitrogens with two attached hydrogens (primary N) is 1. The van der Waals surface area contributed by atoms with Gasteiger partial charge < -0.3 is 41.9 Å². The Morgan fingerprint density at radius 1 is 0.975 bits per heavy atom. The molecule has 0 saturated carbocycles. The van der Waals surface area contributed by atoms with Crippen LogP contribution < -0.4 is 21.7 Å². The van der Waals surface area contributed by atoms with E-state index in [4.69, 9.17) is 5.73 Å². The summed E-state index contributed by atoms with van der Waals surface area (Å²) in [4.78, 5) is 61.0. The van der Waals surface area contributed by atoms with Gasteiger partial charge in [-0.15, -0.1) is 0 Å². The Labute approximate surface area is 231 Å². The van der Waals surface area contributed by atoms with Crippen LogP contribution in [0, 0.1) is 5.92 Å². The standard InChI is InChI=1S/C27H37N7O6/c1-4-14(2)22(25(37)32-21(27(39)40)9-16-11-30-20-8-6-5-7-18(16)20)33-26(38)23(15(3)35)34-24(36)19(28)10-17-12-29-13-31-17/h5-8,11-15,19,21-23,30,35H,4,9-10,28H2,1-3H3,(H,29,31)(H,32,37)(H,33,38)(H,34,36)(H,39,40). The zero-order valence-corrected chi connectivity index (χ0v) is 22.7. The summed E-state index contributed by atoms with van der Waals surface area (Å²) in [6.45, 7) is 4.88. The molecule has 6 unspecified atom stereocenters. The van der Waals surface area contributed by atoms with Crippen molar-refractivity contribution >= 4 is 34.6 Å². The van der Waals surface area contributed by atoms with E-state index in [1.807, 2.05) is 31.2 Å². The lowest BCUT2D eigenvalue weighted by Gasteiger charge is -2.29. The number of aliphatic hydroxyl groups excluding tert-OH is 1. The van der Waals surface area contributed by atoms with Gasteiger partial charge in [-0.05, 0) is 24.5 Å². The third-order valence-electron chi connectivity index (χ3n) is 6.90. The van der Waals surface area contributed by atoms with Crippen molar-refractivity contribution in [1.29, 1.82) is 0 Å². The van der Waals surface area contributed by atoms with Crippen LogP contribution in [0.2, 0.25) is 0 Å². The minimum atomic E-state index is -1.40. The maximum Gasteiger partial charge on any atom is 0.326 e. The fraction of sp³-hybridized carbons (Fsp3) is 0.444. The number of amides is 3. The van der Waals surface area contributed by atoms with Crippen molar-refractivity contribution in [2.24, 2.45) is 11.7 Å². The predicted octanol–water partition coefficient (Wildman–Crippen LogP) is -0.0306. The third kappa shape index (κ3) is 7.67. The van der Waals surface area contributed by atoms with Crippen molar-refractivity contribution in [1.82, 2.24) is 30.9 Å². The van der Waals surface area contributed by atoms with E-state index in [2.05, 4.69) is 30.9 Å². The summed E-state index contributed by atoms with van der Waals surface area (Å²) < 4.78 is 0. The molecule has 3 aromatic rings. The van der Waals surface area contributed by atoms with E-state index in [9.17, 15) is 29.4 Å². The molecular formula is C27H37N7O6. The maximum absolute atomic E-state index is 13.3. The number of carboxylic acid groups (broad SMARTS) is 1. The molecule has 3 amide bonds. The van der Waals surface area contributed by atoms with E-state index in [-0.39, 0.29) is 18.8 Å².